The Hall–Kier alpha value is -2.02. The van der Waals surface area contributed by atoms with Crippen LogP contribution in [-0.4, -0.2) is 4.57 Å². The Morgan fingerprint density at radius 1 is 0.900 bits per heavy atom. The van der Waals surface area contributed by atoms with Crippen molar-refractivity contribution in [2.45, 2.75) is 18.9 Å². The summed E-state index contributed by atoms with van der Waals surface area (Å²) in [6, 6.07) is 17.5. The maximum absolute atomic E-state index is 8.63. The third-order valence-corrected chi connectivity index (χ3v) is 4.95. The van der Waals surface area contributed by atoms with E-state index in [4.69, 9.17) is 1.37 Å². The van der Waals surface area contributed by atoms with E-state index in [9.17, 15) is 0 Å². The predicted molar refractivity (Wildman–Crippen MR) is 83.8 cm³/mol. The normalized spacial score (nSPS) is 32.3. The maximum Gasteiger partial charge on any atom is 0.0494 e. The second-order valence-corrected chi connectivity index (χ2v) is 6.04. The number of benzene rings is 2. The molecule has 2 aromatic carbocycles. The molecule has 0 saturated heterocycles. The van der Waals surface area contributed by atoms with Gasteiger partial charge in [0.2, 0.25) is 0 Å². The van der Waals surface area contributed by atoms with Gasteiger partial charge in [0.05, 0.1) is 0 Å². The van der Waals surface area contributed by atoms with Crippen LogP contribution >= 0.6 is 0 Å². The quantitative estimate of drug-likeness (QED) is 0.547. The Labute approximate surface area is 119 Å². The second-order valence-electron chi connectivity index (χ2n) is 6.04. The molecule has 0 spiro atoms. The molecule has 0 N–H and O–H groups in total. The van der Waals surface area contributed by atoms with Gasteiger partial charge >= 0.3 is 0 Å². The zero-order chi connectivity index (χ0) is 14.0. The van der Waals surface area contributed by atoms with Crippen molar-refractivity contribution in [1.82, 2.24) is 4.57 Å². The van der Waals surface area contributed by atoms with Gasteiger partial charge in [0, 0.05) is 29.2 Å². The van der Waals surface area contributed by atoms with Gasteiger partial charge in [-0.2, -0.15) is 0 Å². The minimum Gasteiger partial charge on any atom is -0.337 e. The lowest BCUT2D eigenvalue weighted by molar-refractivity contribution is 0.455. The molecule has 2 aliphatic carbocycles. The highest BCUT2D eigenvalue weighted by Crippen LogP contribution is 2.48. The molecule has 0 unspecified atom stereocenters. The van der Waals surface area contributed by atoms with Crippen molar-refractivity contribution in [3.63, 3.8) is 0 Å². The van der Waals surface area contributed by atoms with Crippen molar-refractivity contribution in [1.29, 1.82) is 0 Å². The van der Waals surface area contributed by atoms with Crippen molar-refractivity contribution >= 4 is 21.8 Å². The third kappa shape index (κ3) is 1.28. The van der Waals surface area contributed by atoms with E-state index in [-0.39, 0.29) is 12.4 Å². The number of aromatic nitrogens is 1. The van der Waals surface area contributed by atoms with Crippen LogP contribution in [-0.2, 0) is 0 Å². The van der Waals surface area contributed by atoms with Gasteiger partial charge in [0.1, 0.15) is 0 Å². The van der Waals surface area contributed by atoms with Crippen LogP contribution in [0.5, 0.6) is 0 Å². The molecule has 1 nitrogen and oxygen atoms in total. The summed E-state index contributed by atoms with van der Waals surface area (Å²) >= 11 is 0. The smallest absolute Gasteiger partial charge is 0.0494 e. The predicted octanol–water partition coefficient (Wildman–Crippen LogP) is 4.93. The van der Waals surface area contributed by atoms with Gasteiger partial charge < -0.3 is 4.57 Å². The van der Waals surface area contributed by atoms with E-state index in [0.29, 0.717) is 11.8 Å². The zero-order valence-electron chi connectivity index (χ0n) is 12.2. The van der Waals surface area contributed by atoms with E-state index in [1.54, 1.807) is 0 Å². The number of rotatable bonds is 1. The molecule has 2 aliphatic rings. The van der Waals surface area contributed by atoms with E-state index in [1.165, 1.54) is 21.8 Å². The van der Waals surface area contributed by atoms with E-state index in [1.807, 2.05) is 0 Å². The molecule has 2 bridgehead atoms. The van der Waals surface area contributed by atoms with Gasteiger partial charge in [-0.15, -0.1) is 0 Å². The van der Waals surface area contributed by atoms with Crippen LogP contribution in [0.2, 0.25) is 0 Å². The molecule has 0 amide bonds. The molecule has 1 heterocycles. The Morgan fingerprint density at radius 2 is 1.55 bits per heavy atom. The fourth-order valence-corrected chi connectivity index (χ4v) is 4.10. The van der Waals surface area contributed by atoms with Crippen LogP contribution < -0.4 is 0 Å². The number of hydrogen-bond donors (Lipinski definition) is 0. The van der Waals surface area contributed by atoms with E-state index >= 15 is 0 Å². The van der Waals surface area contributed by atoms with E-state index in [2.05, 4.69) is 65.3 Å². The summed E-state index contributed by atoms with van der Waals surface area (Å²) in [4.78, 5) is 0. The molecule has 20 heavy (non-hydrogen) atoms. The van der Waals surface area contributed by atoms with Crippen molar-refractivity contribution in [2.24, 2.45) is 11.8 Å². The second kappa shape index (κ2) is 3.76. The van der Waals surface area contributed by atoms with Crippen LogP contribution in [0.25, 0.3) is 21.8 Å². The zero-order valence-corrected chi connectivity index (χ0v) is 11.2. The maximum atomic E-state index is 8.63. The molecule has 5 rings (SSSR count). The summed E-state index contributed by atoms with van der Waals surface area (Å²) in [5.41, 5.74) is 2.56. The first-order valence-electron chi connectivity index (χ1n) is 8.00. The number of para-hydroxylation sites is 2. The van der Waals surface area contributed by atoms with E-state index in [0.717, 1.165) is 6.42 Å². The summed E-state index contributed by atoms with van der Waals surface area (Å²) in [6.45, 7) is 0. The minimum atomic E-state index is -0.0146. The Kier molecular flexibility index (Phi) is 1.84. The van der Waals surface area contributed by atoms with Crippen LogP contribution in [0.4, 0.5) is 0 Å². The Morgan fingerprint density at radius 3 is 2.15 bits per heavy atom. The summed E-state index contributed by atoms with van der Waals surface area (Å²) in [6.07, 6.45) is 5.73. The molecule has 1 saturated carbocycles. The van der Waals surface area contributed by atoms with Crippen LogP contribution in [0.3, 0.4) is 0 Å². The standard InChI is InChI=1S/C19H17N/c1-3-7-17-15(5-1)16-6-2-4-8-18(16)20(17)19-12-13-9-10-14(19)11-13/h1-10,13-14,19H,11-12H2/t13-,14+,19+/m0/s1/i12D/t12-,13-,14+,19+. The van der Waals surface area contributed by atoms with Gasteiger partial charge in [-0.25, -0.2) is 0 Å². The molecular formula is C19H17N. The topological polar surface area (TPSA) is 4.93 Å². The van der Waals surface area contributed by atoms with Crippen LogP contribution in [0.1, 0.15) is 20.2 Å². The number of nitrogens with zero attached hydrogens (tertiary/aromatic N) is 1. The fraction of sp³-hybridized carbons (Fsp3) is 0.263. The lowest BCUT2D eigenvalue weighted by atomic mass is 10.0. The lowest BCUT2D eigenvalue weighted by Crippen LogP contribution is -2.13. The highest BCUT2D eigenvalue weighted by molar-refractivity contribution is 6.08. The molecule has 0 radical (unpaired) electrons. The lowest BCUT2D eigenvalue weighted by Gasteiger charge is -2.22. The van der Waals surface area contributed by atoms with Crippen molar-refractivity contribution < 1.29 is 1.37 Å². The molecule has 4 atom stereocenters. The molecular weight excluding hydrogens is 242 g/mol. The van der Waals surface area contributed by atoms with Gasteiger partial charge in [-0.05, 0) is 36.8 Å². The third-order valence-electron chi connectivity index (χ3n) is 4.95. The highest BCUT2D eigenvalue weighted by atomic mass is 15.0. The fourth-order valence-electron chi connectivity index (χ4n) is 4.10. The van der Waals surface area contributed by atoms with Crippen LogP contribution in [0, 0.1) is 11.8 Å². The largest absolute Gasteiger partial charge is 0.337 e. The minimum absolute atomic E-state index is 0.0146. The number of fused-ring (bicyclic) bond motifs is 5. The molecule has 98 valence electrons. The van der Waals surface area contributed by atoms with Gasteiger partial charge in [0.15, 0.2) is 0 Å². The number of hydrogen-bond acceptors (Lipinski definition) is 0. The summed E-state index contributed by atoms with van der Waals surface area (Å²) in [7, 11) is 0. The van der Waals surface area contributed by atoms with Gasteiger partial charge in [-0.1, -0.05) is 48.6 Å². The van der Waals surface area contributed by atoms with Crippen molar-refractivity contribution in [3.8, 4) is 0 Å². The molecule has 0 aliphatic heterocycles. The molecule has 1 heteroatoms. The number of allylic oxidation sites excluding steroid dienone is 2. The summed E-state index contributed by atoms with van der Waals surface area (Å²) < 4.78 is 11.1. The molecule has 1 aromatic heterocycles. The monoisotopic (exact) mass is 260 g/mol. The first-order valence-corrected chi connectivity index (χ1v) is 7.43. The molecule has 1 fully saturated rings. The summed E-state index contributed by atoms with van der Waals surface area (Å²) in [5.74, 6) is 0.969. The van der Waals surface area contributed by atoms with Crippen molar-refractivity contribution in [2.75, 3.05) is 0 Å². The Bertz CT molecular complexity index is 822. The van der Waals surface area contributed by atoms with Gasteiger partial charge in [-0.3, -0.25) is 0 Å². The average molecular weight is 260 g/mol. The summed E-state index contributed by atoms with van der Waals surface area (Å²) in [5, 5.41) is 2.62. The first-order chi connectivity index (χ1) is 10.3. The Balaban J connectivity index is 1.87. The average Bonchev–Trinajstić information content (AvgIpc) is 3.19. The first kappa shape index (κ1) is 9.82. The van der Waals surface area contributed by atoms with Crippen molar-refractivity contribution in [3.05, 3.63) is 60.7 Å². The molecule has 3 aromatic rings. The van der Waals surface area contributed by atoms with Gasteiger partial charge in [0.25, 0.3) is 0 Å². The SMILES string of the molecule is [2H][C@@H]1[C@@H](n2c3ccccc3c3ccccc32)[C@@H]2C=C[C@H]1C2. The highest BCUT2D eigenvalue weighted by Gasteiger charge is 2.37. The van der Waals surface area contributed by atoms with E-state index < -0.39 is 0 Å². The van der Waals surface area contributed by atoms with Crippen LogP contribution in [0.15, 0.2) is 60.7 Å².